The number of carbonyl (C=O) groups is 2. The Morgan fingerprint density at radius 2 is 1.58 bits per heavy atom. The molecular formula is C17H19NO5S. The van der Waals surface area contributed by atoms with Crippen LogP contribution in [0.5, 0.6) is 0 Å². The van der Waals surface area contributed by atoms with E-state index >= 15 is 0 Å². The molecule has 0 saturated carbocycles. The van der Waals surface area contributed by atoms with Gasteiger partial charge in [0.2, 0.25) is 5.91 Å². The Labute approximate surface area is 140 Å². The molecule has 2 atom stereocenters. The lowest BCUT2D eigenvalue weighted by molar-refractivity contribution is -0.148. The van der Waals surface area contributed by atoms with Gasteiger partial charge >= 0.3 is 5.97 Å². The summed E-state index contributed by atoms with van der Waals surface area (Å²) in [6.45, 7) is 0.679. The Bertz CT molecular complexity index is 763. The SMILES string of the molecule is O=C(O)[C@@H]1C=C[C@@H]1C(=O)N1CCC(S(=O)(=O)c2ccccc2)CC1. The van der Waals surface area contributed by atoms with E-state index in [9.17, 15) is 18.0 Å². The summed E-state index contributed by atoms with van der Waals surface area (Å²) in [5, 5.41) is 8.52. The minimum Gasteiger partial charge on any atom is -0.481 e. The van der Waals surface area contributed by atoms with Gasteiger partial charge in [-0.1, -0.05) is 30.4 Å². The molecule has 3 rings (SSSR count). The van der Waals surface area contributed by atoms with Gasteiger partial charge in [-0.3, -0.25) is 9.59 Å². The van der Waals surface area contributed by atoms with Crippen LogP contribution in [0.1, 0.15) is 12.8 Å². The quantitative estimate of drug-likeness (QED) is 0.828. The molecule has 0 unspecified atom stereocenters. The molecule has 1 fully saturated rings. The number of rotatable bonds is 4. The number of carboxylic acids is 1. The molecule has 7 heteroatoms. The third-order valence-corrected chi connectivity index (χ3v) is 7.03. The number of carboxylic acid groups (broad SMARTS) is 1. The molecule has 1 aromatic rings. The monoisotopic (exact) mass is 349 g/mol. The Morgan fingerprint density at radius 3 is 2.08 bits per heavy atom. The summed E-state index contributed by atoms with van der Waals surface area (Å²) in [7, 11) is -3.39. The Kier molecular flexibility index (Phi) is 4.45. The van der Waals surface area contributed by atoms with E-state index in [1.54, 1.807) is 41.3 Å². The Morgan fingerprint density at radius 1 is 1.00 bits per heavy atom. The highest BCUT2D eigenvalue weighted by molar-refractivity contribution is 7.92. The smallest absolute Gasteiger partial charge is 0.311 e. The second-order valence-electron chi connectivity index (χ2n) is 6.16. The summed E-state index contributed by atoms with van der Waals surface area (Å²) in [5.74, 6) is -2.61. The van der Waals surface area contributed by atoms with E-state index in [4.69, 9.17) is 5.11 Å². The van der Waals surface area contributed by atoms with E-state index < -0.39 is 32.9 Å². The van der Waals surface area contributed by atoms with E-state index in [2.05, 4.69) is 0 Å². The van der Waals surface area contributed by atoms with E-state index in [1.807, 2.05) is 0 Å². The van der Waals surface area contributed by atoms with Gasteiger partial charge in [-0.25, -0.2) is 8.42 Å². The first-order chi connectivity index (χ1) is 11.4. The van der Waals surface area contributed by atoms with Crippen molar-refractivity contribution in [3.63, 3.8) is 0 Å². The zero-order chi connectivity index (χ0) is 17.3. The predicted molar refractivity (Wildman–Crippen MR) is 87.0 cm³/mol. The molecule has 128 valence electrons. The molecule has 1 saturated heterocycles. The minimum atomic E-state index is -3.39. The second kappa shape index (κ2) is 6.39. The normalized spacial score (nSPS) is 24.4. The largest absolute Gasteiger partial charge is 0.481 e. The van der Waals surface area contributed by atoms with Crippen molar-refractivity contribution in [2.24, 2.45) is 11.8 Å². The summed E-state index contributed by atoms with van der Waals surface area (Å²) in [4.78, 5) is 25.3. The van der Waals surface area contributed by atoms with E-state index in [0.717, 1.165) is 0 Å². The lowest BCUT2D eigenvalue weighted by Crippen LogP contribution is -2.48. The molecule has 0 spiro atoms. The van der Waals surface area contributed by atoms with Crippen LogP contribution in [0, 0.1) is 11.8 Å². The zero-order valence-corrected chi connectivity index (χ0v) is 13.9. The Balaban J connectivity index is 1.63. The van der Waals surface area contributed by atoms with Gasteiger partial charge in [0.05, 0.1) is 22.0 Å². The number of likely N-dealkylation sites (tertiary alicyclic amines) is 1. The molecule has 0 bridgehead atoms. The number of hydrogen-bond acceptors (Lipinski definition) is 4. The number of hydrogen-bond donors (Lipinski definition) is 1. The maximum Gasteiger partial charge on any atom is 0.311 e. The number of carbonyl (C=O) groups excluding carboxylic acids is 1. The highest BCUT2D eigenvalue weighted by Gasteiger charge is 2.40. The van der Waals surface area contributed by atoms with Crippen molar-refractivity contribution >= 4 is 21.7 Å². The fraction of sp³-hybridized carbons (Fsp3) is 0.412. The summed E-state index contributed by atoms with van der Waals surface area (Å²) >= 11 is 0. The van der Waals surface area contributed by atoms with Crippen LogP contribution in [0.2, 0.25) is 0 Å². The maximum atomic E-state index is 12.6. The molecule has 24 heavy (non-hydrogen) atoms. The topological polar surface area (TPSA) is 91.8 Å². The standard InChI is InChI=1S/C17H19NO5S/c19-16(14-6-7-15(14)17(20)21)18-10-8-13(9-11-18)24(22,23)12-4-2-1-3-5-12/h1-7,13-15H,8-11H2,(H,20,21)/t14-,15+/m0/s1. The van der Waals surface area contributed by atoms with Gasteiger partial charge < -0.3 is 10.0 Å². The van der Waals surface area contributed by atoms with Crippen molar-refractivity contribution in [3.8, 4) is 0 Å². The molecule has 0 radical (unpaired) electrons. The van der Waals surface area contributed by atoms with Crippen LogP contribution in [-0.2, 0) is 19.4 Å². The van der Waals surface area contributed by atoms with E-state index in [0.29, 0.717) is 30.8 Å². The van der Waals surface area contributed by atoms with Gasteiger partial charge in [-0.05, 0) is 25.0 Å². The number of sulfone groups is 1. The highest BCUT2D eigenvalue weighted by Crippen LogP contribution is 2.30. The van der Waals surface area contributed by atoms with E-state index in [1.165, 1.54) is 6.08 Å². The average molecular weight is 349 g/mol. The summed E-state index contributed by atoms with van der Waals surface area (Å²) in [6.07, 6.45) is 3.86. The van der Waals surface area contributed by atoms with Crippen LogP contribution in [0.3, 0.4) is 0 Å². The second-order valence-corrected chi connectivity index (χ2v) is 8.39. The molecule has 1 amide bonds. The van der Waals surface area contributed by atoms with Crippen molar-refractivity contribution in [1.82, 2.24) is 4.90 Å². The molecule has 0 aromatic heterocycles. The van der Waals surface area contributed by atoms with Crippen molar-refractivity contribution in [2.75, 3.05) is 13.1 Å². The van der Waals surface area contributed by atoms with Crippen LogP contribution in [0.4, 0.5) is 0 Å². The molecule has 1 N–H and O–H groups in total. The molecule has 1 aromatic carbocycles. The minimum absolute atomic E-state index is 0.222. The van der Waals surface area contributed by atoms with Gasteiger partial charge in [-0.15, -0.1) is 0 Å². The van der Waals surface area contributed by atoms with Crippen LogP contribution >= 0.6 is 0 Å². The van der Waals surface area contributed by atoms with Gasteiger partial charge in [0.25, 0.3) is 0 Å². The number of aliphatic carboxylic acids is 1. The number of benzene rings is 1. The summed E-state index contributed by atoms with van der Waals surface area (Å²) in [6, 6.07) is 8.33. The van der Waals surface area contributed by atoms with Crippen molar-refractivity contribution in [3.05, 3.63) is 42.5 Å². The third-order valence-electron chi connectivity index (χ3n) is 4.75. The lowest BCUT2D eigenvalue weighted by Gasteiger charge is -2.36. The Hall–Kier alpha value is -2.15. The molecule has 2 aliphatic rings. The van der Waals surface area contributed by atoms with Crippen molar-refractivity contribution < 1.29 is 23.1 Å². The molecular weight excluding hydrogens is 330 g/mol. The van der Waals surface area contributed by atoms with Gasteiger partial charge in [0, 0.05) is 13.1 Å². The number of nitrogens with zero attached hydrogens (tertiary/aromatic N) is 1. The van der Waals surface area contributed by atoms with Crippen LogP contribution < -0.4 is 0 Å². The average Bonchev–Trinajstić information content (AvgIpc) is 2.54. The summed E-state index contributed by atoms with van der Waals surface area (Å²) in [5.41, 5.74) is 0. The first-order valence-electron chi connectivity index (χ1n) is 7.90. The zero-order valence-electron chi connectivity index (χ0n) is 13.0. The highest BCUT2D eigenvalue weighted by atomic mass is 32.2. The lowest BCUT2D eigenvalue weighted by atomic mass is 9.81. The third kappa shape index (κ3) is 2.96. The first kappa shape index (κ1) is 16.7. The van der Waals surface area contributed by atoms with Crippen molar-refractivity contribution in [2.45, 2.75) is 23.0 Å². The maximum absolute atomic E-state index is 12.6. The van der Waals surface area contributed by atoms with Crippen LogP contribution in [-0.4, -0.2) is 48.6 Å². The van der Waals surface area contributed by atoms with Gasteiger partial charge in [0.15, 0.2) is 9.84 Å². The predicted octanol–water partition coefficient (Wildman–Crippen LogP) is 1.34. The molecule has 1 aliphatic heterocycles. The van der Waals surface area contributed by atoms with E-state index in [-0.39, 0.29) is 5.91 Å². The first-order valence-corrected chi connectivity index (χ1v) is 9.45. The number of piperidine rings is 1. The van der Waals surface area contributed by atoms with Crippen LogP contribution in [0.15, 0.2) is 47.4 Å². The van der Waals surface area contributed by atoms with Crippen molar-refractivity contribution in [1.29, 1.82) is 0 Å². The fourth-order valence-corrected chi connectivity index (χ4v) is 4.96. The van der Waals surface area contributed by atoms with Gasteiger partial charge in [-0.2, -0.15) is 0 Å². The summed E-state index contributed by atoms with van der Waals surface area (Å²) < 4.78 is 25.2. The molecule has 6 nitrogen and oxygen atoms in total. The molecule has 1 aliphatic carbocycles. The fourth-order valence-electron chi connectivity index (χ4n) is 3.21. The van der Waals surface area contributed by atoms with Crippen LogP contribution in [0.25, 0.3) is 0 Å². The van der Waals surface area contributed by atoms with Gasteiger partial charge in [0.1, 0.15) is 0 Å². The number of amides is 1. The molecule has 1 heterocycles.